The number of fused-ring (bicyclic) bond motifs is 1. The molecule has 1 aliphatic heterocycles. The van der Waals surface area contributed by atoms with Crippen LogP contribution in [0.3, 0.4) is 0 Å². The lowest BCUT2D eigenvalue weighted by atomic mass is 10.1. The Hall–Kier alpha value is -3.49. The summed E-state index contributed by atoms with van der Waals surface area (Å²) < 4.78 is 10.7. The minimum atomic E-state index is -0.329. The summed E-state index contributed by atoms with van der Waals surface area (Å²) in [4.78, 5) is 46.3. The van der Waals surface area contributed by atoms with Gasteiger partial charge >= 0.3 is 6.01 Å². The Morgan fingerprint density at radius 3 is 2.34 bits per heavy atom. The van der Waals surface area contributed by atoms with Gasteiger partial charge in [-0.2, -0.15) is 4.98 Å². The maximum absolute atomic E-state index is 12.3. The zero-order valence-corrected chi connectivity index (χ0v) is 16.3. The first kappa shape index (κ1) is 20.2. The molecule has 0 saturated heterocycles. The minimum absolute atomic E-state index is 0.117. The van der Waals surface area contributed by atoms with Crippen LogP contribution in [0, 0.1) is 0 Å². The number of nitrogens with zero attached hydrogens (tertiary/aromatic N) is 3. The highest BCUT2D eigenvalue weighted by atomic mass is 16.5. The van der Waals surface area contributed by atoms with Crippen molar-refractivity contribution in [3.05, 3.63) is 41.6 Å². The van der Waals surface area contributed by atoms with E-state index in [0.717, 1.165) is 0 Å². The van der Waals surface area contributed by atoms with Gasteiger partial charge in [-0.25, -0.2) is 4.98 Å². The highest BCUT2D eigenvalue weighted by Crippen LogP contribution is 2.24. The van der Waals surface area contributed by atoms with Crippen LogP contribution in [-0.2, 0) is 4.79 Å². The van der Waals surface area contributed by atoms with Crippen molar-refractivity contribution in [3.8, 4) is 11.9 Å². The van der Waals surface area contributed by atoms with E-state index in [2.05, 4.69) is 15.3 Å². The van der Waals surface area contributed by atoms with Crippen LogP contribution in [0.15, 0.2) is 30.5 Å². The lowest BCUT2D eigenvalue weighted by Crippen LogP contribution is -2.31. The molecule has 0 bridgehead atoms. The Bertz CT molecular complexity index is 896. The van der Waals surface area contributed by atoms with Crippen molar-refractivity contribution >= 4 is 23.4 Å². The number of carbonyl (C=O) groups excluding carboxylic acids is 3. The molecule has 1 aromatic carbocycles. The molecule has 1 N–H and O–H groups in total. The summed E-state index contributed by atoms with van der Waals surface area (Å²) in [6.45, 7) is 4.56. The maximum Gasteiger partial charge on any atom is 0.319 e. The van der Waals surface area contributed by atoms with Crippen LogP contribution in [0.4, 0.5) is 5.69 Å². The van der Waals surface area contributed by atoms with Crippen molar-refractivity contribution in [3.63, 3.8) is 0 Å². The van der Waals surface area contributed by atoms with Gasteiger partial charge in [0.25, 0.3) is 11.8 Å². The molecule has 0 saturated carbocycles. The number of amides is 3. The zero-order chi connectivity index (χ0) is 20.8. The van der Waals surface area contributed by atoms with Gasteiger partial charge in [0.2, 0.25) is 11.8 Å². The summed E-state index contributed by atoms with van der Waals surface area (Å²) in [6, 6.07) is 6.86. The lowest BCUT2D eigenvalue weighted by molar-refractivity contribution is -0.116. The molecule has 0 spiro atoms. The molecule has 9 nitrogen and oxygen atoms in total. The average Bonchev–Trinajstić information content (AvgIpc) is 2.95. The van der Waals surface area contributed by atoms with Crippen LogP contribution in [-0.4, -0.2) is 52.3 Å². The van der Waals surface area contributed by atoms with Gasteiger partial charge in [-0.15, -0.1) is 0 Å². The molecule has 2 heterocycles. The third kappa shape index (κ3) is 4.50. The molecule has 152 valence electrons. The quantitative estimate of drug-likeness (QED) is 0.645. The number of hydrogen-bond donors (Lipinski definition) is 1. The molecule has 0 aliphatic carbocycles. The Morgan fingerprint density at radius 1 is 1.07 bits per heavy atom. The summed E-state index contributed by atoms with van der Waals surface area (Å²) in [5.74, 6) is -0.732. The van der Waals surface area contributed by atoms with Crippen molar-refractivity contribution in [2.75, 3.05) is 25.1 Å². The van der Waals surface area contributed by atoms with E-state index in [4.69, 9.17) is 9.47 Å². The van der Waals surface area contributed by atoms with E-state index in [1.807, 2.05) is 6.92 Å². The zero-order valence-electron chi connectivity index (χ0n) is 16.3. The number of nitrogens with one attached hydrogen (secondary N) is 1. The molecule has 2 aromatic rings. The Labute approximate surface area is 168 Å². The summed E-state index contributed by atoms with van der Waals surface area (Å²) in [5.41, 5.74) is 1.13. The first-order valence-corrected chi connectivity index (χ1v) is 9.42. The fraction of sp³-hybridized carbons (Fsp3) is 0.350. The summed E-state index contributed by atoms with van der Waals surface area (Å²) in [7, 11) is 0. The monoisotopic (exact) mass is 398 g/mol. The molecular weight excluding hydrogens is 376 g/mol. The van der Waals surface area contributed by atoms with E-state index in [0.29, 0.717) is 36.4 Å². The fourth-order valence-electron chi connectivity index (χ4n) is 2.93. The van der Waals surface area contributed by atoms with Crippen molar-refractivity contribution in [2.24, 2.45) is 0 Å². The van der Waals surface area contributed by atoms with Gasteiger partial charge in [-0.3, -0.25) is 19.3 Å². The lowest BCUT2D eigenvalue weighted by Gasteiger charge is -2.14. The maximum atomic E-state index is 12.3. The van der Waals surface area contributed by atoms with E-state index in [9.17, 15) is 14.4 Å². The molecule has 0 fully saturated rings. The van der Waals surface area contributed by atoms with E-state index >= 15 is 0 Å². The largest absolute Gasteiger partial charge is 0.476 e. The van der Waals surface area contributed by atoms with Gasteiger partial charge in [-0.1, -0.05) is 12.1 Å². The molecule has 0 unspecified atom stereocenters. The van der Waals surface area contributed by atoms with Crippen LogP contribution in [0.1, 0.15) is 47.4 Å². The smallest absolute Gasteiger partial charge is 0.319 e. The average molecular weight is 398 g/mol. The molecule has 0 radical (unpaired) electrons. The standard InChI is InChI=1S/C20H22N4O5/c1-3-28-17-15(12-21-20(23-17)29-4-2)22-16(25)10-7-11-24-18(26)13-8-5-6-9-14(13)19(24)27/h5-6,8-9,12H,3-4,7,10-11H2,1-2H3,(H,22,25). The minimum Gasteiger partial charge on any atom is -0.476 e. The summed E-state index contributed by atoms with van der Waals surface area (Å²) >= 11 is 0. The predicted molar refractivity (Wildman–Crippen MR) is 104 cm³/mol. The van der Waals surface area contributed by atoms with Gasteiger partial charge < -0.3 is 14.8 Å². The van der Waals surface area contributed by atoms with Crippen molar-refractivity contribution in [2.45, 2.75) is 26.7 Å². The molecule has 3 amide bonds. The Morgan fingerprint density at radius 2 is 1.72 bits per heavy atom. The van der Waals surface area contributed by atoms with Gasteiger partial charge in [0, 0.05) is 13.0 Å². The first-order valence-electron chi connectivity index (χ1n) is 9.42. The van der Waals surface area contributed by atoms with Gasteiger partial charge in [0.05, 0.1) is 30.5 Å². The Balaban J connectivity index is 1.56. The van der Waals surface area contributed by atoms with Crippen LogP contribution in [0.25, 0.3) is 0 Å². The van der Waals surface area contributed by atoms with Gasteiger partial charge in [0.15, 0.2) is 0 Å². The molecule has 29 heavy (non-hydrogen) atoms. The van der Waals surface area contributed by atoms with E-state index in [1.165, 1.54) is 11.1 Å². The number of ether oxygens (including phenoxy) is 2. The molecule has 3 rings (SSSR count). The third-order valence-corrected chi connectivity index (χ3v) is 4.22. The predicted octanol–water partition coefficient (Wildman–Crippen LogP) is 2.29. The molecule has 1 aromatic heterocycles. The van der Waals surface area contributed by atoms with Crippen LogP contribution >= 0.6 is 0 Å². The van der Waals surface area contributed by atoms with Gasteiger partial charge in [-0.05, 0) is 32.4 Å². The highest BCUT2D eigenvalue weighted by Gasteiger charge is 2.34. The first-order chi connectivity index (χ1) is 14.0. The van der Waals surface area contributed by atoms with Crippen LogP contribution in [0.5, 0.6) is 11.9 Å². The summed E-state index contributed by atoms with van der Waals surface area (Å²) in [5, 5.41) is 2.70. The second kappa shape index (κ2) is 9.13. The number of aromatic nitrogens is 2. The summed E-state index contributed by atoms with van der Waals surface area (Å²) in [6.07, 6.45) is 1.87. The number of hydrogen-bond acceptors (Lipinski definition) is 7. The van der Waals surface area contributed by atoms with E-state index in [1.54, 1.807) is 31.2 Å². The normalized spacial score (nSPS) is 12.7. The number of imide groups is 1. The number of rotatable bonds is 9. The van der Waals surface area contributed by atoms with Crippen molar-refractivity contribution in [1.82, 2.24) is 14.9 Å². The van der Waals surface area contributed by atoms with E-state index in [-0.39, 0.29) is 42.6 Å². The highest BCUT2D eigenvalue weighted by molar-refractivity contribution is 6.21. The number of carbonyl (C=O) groups is 3. The van der Waals surface area contributed by atoms with Crippen molar-refractivity contribution in [1.29, 1.82) is 0 Å². The van der Waals surface area contributed by atoms with Crippen LogP contribution < -0.4 is 14.8 Å². The number of anilines is 1. The topological polar surface area (TPSA) is 111 Å². The van der Waals surface area contributed by atoms with E-state index < -0.39 is 0 Å². The number of benzene rings is 1. The second-order valence-electron chi connectivity index (χ2n) is 6.20. The molecule has 1 aliphatic rings. The molecule has 0 atom stereocenters. The fourth-order valence-corrected chi connectivity index (χ4v) is 2.93. The van der Waals surface area contributed by atoms with Crippen molar-refractivity contribution < 1.29 is 23.9 Å². The van der Waals surface area contributed by atoms with Gasteiger partial charge in [0.1, 0.15) is 5.69 Å². The Kier molecular flexibility index (Phi) is 6.38. The molecular formula is C20H22N4O5. The second-order valence-corrected chi connectivity index (χ2v) is 6.20. The third-order valence-electron chi connectivity index (χ3n) is 4.22. The van der Waals surface area contributed by atoms with Crippen LogP contribution in [0.2, 0.25) is 0 Å². The molecule has 9 heteroatoms. The SMILES string of the molecule is CCOc1ncc(NC(=O)CCCN2C(=O)c3ccccc3C2=O)c(OCC)n1.